The first-order chi connectivity index (χ1) is 12.4. The van der Waals surface area contributed by atoms with Crippen molar-refractivity contribution >= 4 is 12.1 Å². The minimum absolute atomic E-state index is 0.182. The lowest BCUT2D eigenvalue weighted by atomic mass is 10.0. The number of nitrogens with zero attached hydrogens (tertiary/aromatic N) is 1. The standard InChI is InChI=1S/C17H12F6N2O2/c1-9-2-4-10(5-3-9)15(27)25-24-8-11-6-12(16(18,19)20)7-13(14(11)26)17(21,22)23/h2-8,26H,1H3,(H,25,27)/b24-8+. The van der Waals surface area contributed by atoms with Crippen LogP contribution in [0, 0.1) is 6.92 Å². The number of hydrogen-bond donors (Lipinski definition) is 2. The van der Waals surface area contributed by atoms with Crippen LogP contribution in [0.25, 0.3) is 0 Å². The Bertz CT molecular complexity index is 871. The molecule has 0 saturated carbocycles. The molecule has 4 nitrogen and oxygen atoms in total. The Labute approximate surface area is 149 Å². The Hall–Kier alpha value is -3.04. The molecule has 0 atom stereocenters. The summed E-state index contributed by atoms with van der Waals surface area (Å²) in [6.07, 6.45) is -9.77. The number of phenols is 1. The highest BCUT2D eigenvalue weighted by Crippen LogP contribution is 2.41. The van der Waals surface area contributed by atoms with Crippen LogP contribution in [0.4, 0.5) is 26.3 Å². The number of phenolic OH excluding ortho intramolecular Hbond substituents is 1. The molecule has 0 aliphatic rings. The molecular weight excluding hydrogens is 378 g/mol. The topological polar surface area (TPSA) is 61.7 Å². The fourth-order valence-corrected chi connectivity index (χ4v) is 2.07. The molecule has 0 heterocycles. The quantitative estimate of drug-likeness (QED) is 0.461. The van der Waals surface area contributed by atoms with Crippen LogP contribution in [0.15, 0.2) is 41.5 Å². The van der Waals surface area contributed by atoms with Gasteiger partial charge >= 0.3 is 12.4 Å². The summed E-state index contributed by atoms with van der Waals surface area (Å²) in [4.78, 5) is 11.8. The molecule has 0 saturated heterocycles. The number of carbonyl (C=O) groups excluding carboxylic acids is 1. The van der Waals surface area contributed by atoms with Crippen molar-refractivity contribution in [2.24, 2.45) is 5.10 Å². The number of halogens is 6. The van der Waals surface area contributed by atoms with Gasteiger partial charge in [0.1, 0.15) is 5.75 Å². The van der Waals surface area contributed by atoms with Crippen molar-refractivity contribution in [2.75, 3.05) is 0 Å². The lowest BCUT2D eigenvalue weighted by Crippen LogP contribution is -2.18. The van der Waals surface area contributed by atoms with Gasteiger partial charge in [0.05, 0.1) is 17.3 Å². The second-order valence-corrected chi connectivity index (χ2v) is 5.52. The molecule has 1 amide bonds. The maximum atomic E-state index is 12.9. The van der Waals surface area contributed by atoms with E-state index in [1.54, 1.807) is 19.1 Å². The van der Waals surface area contributed by atoms with Gasteiger partial charge in [-0.15, -0.1) is 0 Å². The van der Waals surface area contributed by atoms with Gasteiger partial charge in [-0.3, -0.25) is 4.79 Å². The molecule has 0 aliphatic heterocycles. The van der Waals surface area contributed by atoms with Crippen LogP contribution < -0.4 is 5.43 Å². The van der Waals surface area contributed by atoms with Crippen LogP contribution in [0.2, 0.25) is 0 Å². The zero-order valence-corrected chi connectivity index (χ0v) is 13.6. The first kappa shape index (κ1) is 20.3. The summed E-state index contributed by atoms with van der Waals surface area (Å²) < 4.78 is 77.0. The zero-order chi connectivity index (χ0) is 20.4. The molecule has 2 N–H and O–H groups in total. The Morgan fingerprint density at radius 2 is 1.63 bits per heavy atom. The van der Waals surface area contributed by atoms with Crippen LogP contribution in [-0.2, 0) is 12.4 Å². The zero-order valence-electron chi connectivity index (χ0n) is 13.6. The molecule has 0 fully saturated rings. The van der Waals surface area contributed by atoms with Crippen molar-refractivity contribution in [1.29, 1.82) is 0 Å². The number of hydrazone groups is 1. The lowest BCUT2D eigenvalue weighted by molar-refractivity contribution is -0.143. The van der Waals surface area contributed by atoms with Gasteiger partial charge in [-0.25, -0.2) is 5.43 Å². The van der Waals surface area contributed by atoms with Gasteiger partial charge in [0.15, 0.2) is 0 Å². The summed E-state index contributed by atoms with van der Waals surface area (Å²) in [5.41, 5.74) is -1.29. The number of hydrogen-bond acceptors (Lipinski definition) is 3. The van der Waals surface area contributed by atoms with Crippen LogP contribution in [0.3, 0.4) is 0 Å². The molecule has 0 unspecified atom stereocenters. The first-order valence-corrected chi connectivity index (χ1v) is 7.31. The molecule has 0 radical (unpaired) electrons. The second kappa shape index (κ2) is 7.29. The molecule has 0 aromatic heterocycles. The molecule has 144 valence electrons. The van der Waals surface area contributed by atoms with Gasteiger partial charge in [0.25, 0.3) is 5.91 Å². The first-order valence-electron chi connectivity index (χ1n) is 7.31. The predicted octanol–water partition coefficient (Wildman–Crippen LogP) is 4.50. The van der Waals surface area contributed by atoms with Gasteiger partial charge < -0.3 is 5.11 Å². The van der Waals surface area contributed by atoms with Crippen molar-refractivity contribution in [3.05, 3.63) is 64.2 Å². The lowest BCUT2D eigenvalue weighted by Gasteiger charge is -2.15. The maximum absolute atomic E-state index is 12.9. The number of alkyl halides is 6. The number of carbonyl (C=O) groups is 1. The Balaban J connectivity index is 2.32. The van der Waals surface area contributed by atoms with Crippen LogP contribution in [-0.4, -0.2) is 17.2 Å². The molecule has 0 bridgehead atoms. The van der Waals surface area contributed by atoms with E-state index < -0.39 is 40.7 Å². The number of amides is 1. The third-order valence-electron chi connectivity index (χ3n) is 3.46. The van der Waals surface area contributed by atoms with Crippen molar-refractivity contribution in [3.63, 3.8) is 0 Å². The maximum Gasteiger partial charge on any atom is 0.419 e. The molecule has 2 rings (SSSR count). The largest absolute Gasteiger partial charge is 0.507 e. The van der Waals surface area contributed by atoms with E-state index in [-0.39, 0.29) is 11.6 Å². The van der Waals surface area contributed by atoms with Crippen molar-refractivity contribution in [2.45, 2.75) is 19.3 Å². The molecule has 10 heteroatoms. The van der Waals surface area contributed by atoms with E-state index in [1.807, 2.05) is 5.43 Å². The summed E-state index contributed by atoms with van der Waals surface area (Å²) in [5, 5.41) is 13.0. The van der Waals surface area contributed by atoms with E-state index in [9.17, 15) is 36.2 Å². The Morgan fingerprint density at radius 3 is 2.15 bits per heavy atom. The molecule has 2 aromatic carbocycles. The van der Waals surface area contributed by atoms with Gasteiger partial charge in [-0.05, 0) is 31.2 Å². The third-order valence-corrected chi connectivity index (χ3v) is 3.46. The van der Waals surface area contributed by atoms with Gasteiger partial charge in [0, 0.05) is 11.1 Å². The number of aromatic hydroxyl groups is 1. The number of nitrogens with one attached hydrogen (secondary N) is 1. The van der Waals surface area contributed by atoms with Crippen LogP contribution in [0.5, 0.6) is 5.75 Å². The number of rotatable bonds is 3. The highest BCUT2D eigenvalue weighted by molar-refractivity contribution is 5.95. The summed E-state index contributed by atoms with van der Waals surface area (Å²) in [6.45, 7) is 1.79. The van der Waals surface area contributed by atoms with Gasteiger partial charge in [0.2, 0.25) is 0 Å². The van der Waals surface area contributed by atoms with Crippen molar-refractivity contribution in [3.8, 4) is 5.75 Å². The highest BCUT2D eigenvalue weighted by atomic mass is 19.4. The smallest absolute Gasteiger partial charge is 0.419 e. The average Bonchev–Trinajstić information content (AvgIpc) is 2.54. The summed E-state index contributed by atoms with van der Waals surface area (Å²) in [7, 11) is 0. The minimum Gasteiger partial charge on any atom is -0.507 e. The minimum atomic E-state index is -5.21. The Kier molecular flexibility index (Phi) is 5.48. The summed E-state index contributed by atoms with van der Waals surface area (Å²) in [5.74, 6) is -2.16. The monoisotopic (exact) mass is 390 g/mol. The number of aryl methyl sites for hydroxylation is 1. The Morgan fingerprint density at radius 1 is 1.04 bits per heavy atom. The van der Waals surface area contributed by atoms with E-state index in [0.29, 0.717) is 12.3 Å². The second-order valence-electron chi connectivity index (χ2n) is 5.52. The fourth-order valence-electron chi connectivity index (χ4n) is 2.07. The molecule has 2 aromatic rings. The molecule has 0 aliphatic carbocycles. The van der Waals surface area contributed by atoms with E-state index in [0.717, 1.165) is 5.56 Å². The third kappa shape index (κ3) is 4.99. The van der Waals surface area contributed by atoms with Crippen molar-refractivity contribution < 1.29 is 36.2 Å². The number of benzene rings is 2. The highest BCUT2D eigenvalue weighted by Gasteiger charge is 2.39. The SMILES string of the molecule is Cc1ccc(C(=O)N/N=C/c2cc(C(F)(F)F)cc(C(F)(F)F)c2O)cc1. The van der Waals surface area contributed by atoms with Crippen LogP contribution >= 0.6 is 0 Å². The van der Waals surface area contributed by atoms with E-state index in [1.165, 1.54) is 12.1 Å². The van der Waals surface area contributed by atoms with Crippen molar-refractivity contribution in [1.82, 2.24) is 5.43 Å². The molecule has 0 spiro atoms. The summed E-state index contributed by atoms with van der Waals surface area (Å²) >= 11 is 0. The van der Waals surface area contributed by atoms with Gasteiger partial charge in [-0.1, -0.05) is 17.7 Å². The molecule has 27 heavy (non-hydrogen) atoms. The molecular formula is C17H12F6N2O2. The average molecular weight is 390 g/mol. The fraction of sp³-hybridized carbons (Fsp3) is 0.176. The van der Waals surface area contributed by atoms with E-state index in [2.05, 4.69) is 5.10 Å². The van der Waals surface area contributed by atoms with E-state index in [4.69, 9.17) is 0 Å². The van der Waals surface area contributed by atoms with E-state index >= 15 is 0 Å². The predicted molar refractivity (Wildman–Crippen MR) is 84.3 cm³/mol. The summed E-state index contributed by atoms with van der Waals surface area (Å²) in [6, 6.07) is 6.29. The van der Waals surface area contributed by atoms with Gasteiger partial charge in [-0.2, -0.15) is 31.4 Å². The normalized spacial score (nSPS) is 12.4. The van der Waals surface area contributed by atoms with Crippen LogP contribution in [0.1, 0.15) is 32.6 Å².